The maximum Gasteiger partial charge on any atom is 0.383 e. The first-order valence-electron chi connectivity index (χ1n) is 8.49. The molecule has 0 saturated carbocycles. The first-order chi connectivity index (χ1) is 12.5. The van der Waals surface area contributed by atoms with Gasteiger partial charge in [0.05, 0.1) is 11.6 Å². The molecule has 26 heavy (non-hydrogen) atoms. The normalized spacial score (nSPS) is 11.1. The number of ether oxygens (including phenoxy) is 2. The van der Waals surface area contributed by atoms with Crippen LogP contribution in [0.25, 0.3) is 11.0 Å². The molecular formula is C19H22O7. The maximum atomic E-state index is 12.1. The lowest BCUT2D eigenvalue weighted by Crippen LogP contribution is -2.10. The van der Waals surface area contributed by atoms with Gasteiger partial charge in [0.25, 0.3) is 5.75 Å². The molecule has 0 fully saturated rings. The third-order valence-electron chi connectivity index (χ3n) is 3.69. The lowest BCUT2D eigenvalue weighted by atomic mass is 10.1. The zero-order valence-corrected chi connectivity index (χ0v) is 14.6. The maximum absolute atomic E-state index is 12.1. The molecule has 2 rings (SSSR count). The highest BCUT2D eigenvalue weighted by molar-refractivity contribution is 5.89. The summed E-state index contributed by atoms with van der Waals surface area (Å²) in [5.41, 5.74) is -0.913. The standard InChI is InChI=1S/C19H22O7/c1-2-3-4-5-6-7-11-24-18-16(22)13-9-8-10-14(25-12-15(20)21)17(13)26-19(18)23/h7-11,22H,2-6,12H2,1H3,(H,20,21)/b11-7+. The van der Waals surface area contributed by atoms with Crippen molar-refractivity contribution in [2.75, 3.05) is 6.61 Å². The number of aliphatic carboxylic acids is 1. The summed E-state index contributed by atoms with van der Waals surface area (Å²) in [5.74, 6) is -1.82. The SMILES string of the molecule is CCCCCC/C=C/Oc1c(O)c2cccc(OCC(=O)O)c2oc1=O. The number of carbonyl (C=O) groups is 1. The number of aromatic hydroxyl groups is 1. The molecule has 2 N–H and O–H groups in total. The van der Waals surface area contributed by atoms with Crippen molar-refractivity contribution in [2.45, 2.75) is 39.0 Å². The molecule has 0 aliphatic rings. The van der Waals surface area contributed by atoms with Crippen LogP contribution >= 0.6 is 0 Å². The largest absolute Gasteiger partial charge is 0.504 e. The Balaban J connectivity index is 2.18. The predicted molar refractivity (Wildman–Crippen MR) is 95.8 cm³/mol. The Labute approximate surface area is 150 Å². The molecule has 0 saturated heterocycles. The van der Waals surface area contributed by atoms with Crippen LogP contribution in [0.15, 0.2) is 39.7 Å². The highest BCUT2D eigenvalue weighted by Gasteiger charge is 2.18. The molecule has 1 heterocycles. The Morgan fingerprint density at radius 1 is 1.27 bits per heavy atom. The molecular weight excluding hydrogens is 340 g/mol. The molecule has 7 heteroatoms. The fourth-order valence-electron chi connectivity index (χ4n) is 2.40. The van der Waals surface area contributed by atoms with E-state index in [0.29, 0.717) is 0 Å². The smallest absolute Gasteiger partial charge is 0.383 e. The van der Waals surface area contributed by atoms with E-state index in [2.05, 4.69) is 6.92 Å². The summed E-state index contributed by atoms with van der Waals surface area (Å²) in [6.45, 7) is 1.54. The predicted octanol–water partition coefficient (Wildman–Crippen LogP) is 3.82. The van der Waals surface area contributed by atoms with Crippen LogP contribution in [0.2, 0.25) is 0 Å². The highest BCUT2D eigenvalue weighted by Crippen LogP contribution is 2.35. The Hall–Kier alpha value is -2.96. The van der Waals surface area contributed by atoms with Gasteiger partial charge in [0, 0.05) is 0 Å². The molecule has 0 bridgehead atoms. The van der Waals surface area contributed by atoms with Crippen molar-refractivity contribution < 1.29 is 28.9 Å². The Morgan fingerprint density at radius 3 is 2.81 bits per heavy atom. The van der Waals surface area contributed by atoms with Gasteiger partial charge < -0.3 is 24.1 Å². The monoisotopic (exact) mass is 362 g/mol. The zero-order chi connectivity index (χ0) is 18.9. The summed E-state index contributed by atoms with van der Waals surface area (Å²) in [6, 6.07) is 4.51. The van der Waals surface area contributed by atoms with Crippen molar-refractivity contribution in [3.8, 4) is 17.2 Å². The first-order valence-corrected chi connectivity index (χ1v) is 8.49. The van der Waals surface area contributed by atoms with Gasteiger partial charge in [0.15, 0.2) is 23.7 Å². The number of fused-ring (bicyclic) bond motifs is 1. The minimum Gasteiger partial charge on any atom is -0.504 e. The molecule has 7 nitrogen and oxygen atoms in total. The van der Waals surface area contributed by atoms with E-state index in [0.717, 1.165) is 25.7 Å². The fraction of sp³-hybridized carbons (Fsp3) is 0.368. The second kappa shape index (κ2) is 9.50. The number of para-hydroxylation sites is 1. The van der Waals surface area contributed by atoms with Crippen LogP contribution in [-0.4, -0.2) is 22.8 Å². The number of rotatable bonds is 10. The number of hydrogen-bond donors (Lipinski definition) is 2. The van der Waals surface area contributed by atoms with Gasteiger partial charge in [-0.1, -0.05) is 32.3 Å². The quantitative estimate of drug-likeness (QED) is 0.376. The molecule has 0 amide bonds. The summed E-state index contributed by atoms with van der Waals surface area (Å²) in [7, 11) is 0. The lowest BCUT2D eigenvalue weighted by Gasteiger charge is -2.09. The number of benzene rings is 1. The molecule has 0 spiro atoms. The molecule has 0 aliphatic carbocycles. The van der Waals surface area contributed by atoms with Gasteiger partial charge in [-0.3, -0.25) is 0 Å². The van der Waals surface area contributed by atoms with Crippen molar-refractivity contribution in [2.24, 2.45) is 0 Å². The average molecular weight is 362 g/mol. The molecule has 140 valence electrons. The summed E-state index contributed by atoms with van der Waals surface area (Å²) in [4.78, 5) is 22.7. The van der Waals surface area contributed by atoms with E-state index in [4.69, 9.17) is 19.0 Å². The number of carboxylic acid groups (broad SMARTS) is 1. The summed E-state index contributed by atoms with van der Waals surface area (Å²) in [6.07, 6.45) is 8.44. The summed E-state index contributed by atoms with van der Waals surface area (Å²) < 4.78 is 15.5. The van der Waals surface area contributed by atoms with Gasteiger partial charge in [0.1, 0.15) is 0 Å². The van der Waals surface area contributed by atoms with Crippen molar-refractivity contribution >= 4 is 16.9 Å². The van der Waals surface area contributed by atoms with Gasteiger partial charge in [-0.05, 0) is 31.1 Å². The molecule has 1 aromatic carbocycles. The molecule has 1 aromatic heterocycles. The van der Waals surface area contributed by atoms with E-state index >= 15 is 0 Å². The number of allylic oxidation sites excluding steroid dienone is 1. The molecule has 0 radical (unpaired) electrons. The van der Waals surface area contributed by atoms with E-state index < -0.39 is 18.2 Å². The van der Waals surface area contributed by atoms with Crippen LogP contribution < -0.4 is 15.1 Å². The minimum atomic E-state index is -1.17. The van der Waals surface area contributed by atoms with Crippen LogP contribution in [0.4, 0.5) is 0 Å². The van der Waals surface area contributed by atoms with Crippen LogP contribution in [0.3, 0.4) is 0 Å². The van der Waals surface area contributed by atoms with E-state index in [1.807, 2.05) is 0 Å². The van der Waals surface area contributed by atoms with Crippen molar-refractivity contribution in [1.29, 1.82) is 0 Å². The number of hydrogen-bond acceptors (Lipinski definition) is 6. The van der Waals surface area contributed by atoms with Crippen molar-refractivity contribution in [1.82, 2.24) is 0 Å². The van der Waals surface area contributed by atoms with Gasteiger partial charge in [0.2, 0.25) is 0 Å². The Morgan fingerprint density at radius 2 is 2.08 bits per heavy atom. The molecule has 2 aromatic rings. The van der Waals surface area contributed by atoms with E-state index in [9.17, 15) is 14.7 Å². The van der Waals surface area contributed by atoms with Gasteiger partial charge in [-0.25, -0.2) is 9.59 Å². The second-order valence-electron chi connectivity index (χ2n) is 5.72. The Bertz CT molecular complexity index is 836. The average Bonchev–Trinajstić information content (AvgIpc) is 2.61. The molecule has 0 aliphatic heterocycles. The first kappa shape index (κ1) is 19.4. The van der Waals surface area contributed by atoms with E-state index in [1.165, 1.54) is 24.8 Å². The van der Waals surface area contributed by atoms with Crippen LogP contribution in [-0.2, 0) is 4.79 Å². The van der Waals surface area contributed by atoms with Crippen molar-refractivity contribution in [3.05, 3.63) is 41.0 Å². The zero-order valence-electron chi connectivity index (χ0n) is 14.6. The number of carboxylic acids is 1. The molecule has 0 atom stereocenters. The highest BCUT2D eigenvalue weighted by atomic mass is 16.5. The third kappa shape index (κ3) is 5.02. The van der Waals surface area contributed by atoms with E-state index in [-0.39, 0.29) is 28.2 Å². The summed E-state index contributed by atoms with van der Waals surface area (Å²) >= 11 is 0. The minimum absolute atomic E-state index is 0.0351. The topological polar surface area (TPSA) is 106 Å². The molecule has 0 unspecified atom stereocenters. The third-order valence-corrected chi connectivity index (χ3v) is 3.69. The van der Waals surface area contributed by atoms with Crippen LogP contribution in [0.1, 0.15) is 39.0 Å². The van der Waals surface area contributed by atoms with E-state index in [1.54, 1.807) is 12.1 Å². The van der Waals surface area contributed by atoms with Crippen molar-refractivity contribution in [3.63, 3.8) is 0 Å². The number of unbranched alkanes of at least 4 members (excludes halogenated alkanes) is 4. The summed E-state index contributed by atoms with van der Waals surface area (Å²) in [5, 5.41) is 19.2. The van der Waals surface area contributed by atoms with Gasteiger partial charge in [-0.15, -0.1) is 0 Å². The fourth-order valence-corrected chi connectivity index (χ4v) is 2.40. The van der Waals surface area contributed by atoms with Gasteiger partial charge >= 0.3 is 11.6 Å². The Kier molecular flexibility index (Phi) is 7.08. The lowest BCUT2D eigenvalue weighted by molar-refractivity contribution is -0.139. The second-order valence-corrected chi connectivity index (χ2v) is 5.72. The van der Waals surface area contributed by atoms with Crippen LogP contribution in [0, 0.1) is 0 Å². The van der Waals surface area contributed by atoms with Gasteiger partial charge in [-0.2, -0.15) is 0 Å². The van der Waals surface area contributed by atoms with Crippen LogP contribution in [0.5, 0.6) is 17.2 Å².